The molecule has 0 radical (unpaired) electrons. The maximum absolute atomic E-state index is 5.89. The topological polar surface area (TPSA) is 29.9 Å². The molecule has 5 heteroatoms. The molecule has 0 bridgehead atoms. The molecule has 17 heavy (non-hydrogen) atoms. The summed E-state index contributed by atoms with van der Waals surface area (Å²) in [5.41, 5.74) is 1.09. The van der Waals surface area contributed by atoms with E-state index in [0.29, 0.717) is 0 Å². The highest BCUT2D eigenvalue weighted by molar-refractivity contribution is 7.16. The molecule has 3 nitrogen and oxygen atoms in total. The Morgan fingerprint density at radius 1 is 1.47 bits per heavy atom. The molecule has 0 aliphatic rings. The molecule has 92 valence electrons. The smallest absolute Gasteiger partial charge is 0.0950 e. The van der Waals surface area contributed by atoms with Crippen LogP contribution in [-0.4, -0.2) is 16.1 Å². The summed E-state index contributed by atoms with van der Waals surface area (Å²) in [6.07, 6.45) is 4.99. The highest BCUT2D eigenvalue weighted by atomic mass is 35.5. The predicted molar refractivity (Wildman–Crippen MR) is 72.6 cm³/mol. The first kappa shape index (κ1) is 12.6. The largest absolute Gasteiger partial charge is 0.337 e. The molecule has 0 saturated heterocycles. The molecule has 0 aromatic carbocycles. The Kier molecular flexibility index (Phi) is 4.59. The van der Waals surface area contributed by atoms with E-state index in [9.17, 15) is 0 Å². The Morgan fingerprint density at radius 2 is 2.35 bits per heavy atom. The van der Waals surface area contributed by atoms with Crippen LogP contribution in [0.15, 0.2) is 24.7 Å². The van der Waals surface area contributed by atoms with E-state index in [0.717, 1.165) is 36.1 Å². The normalized spacial score (nSPS) is 10.9. The maximum atomic E-state index is 5.89. The van der Waals surface area contributed by atoms with Gasteiger partial charge in [0.25, 0.3) is 0 Å². The number of halogens is 1. The van der Waals surface area contributed by atoms with Crippen molar-refractivity contribution in [1.82, 2.24) is 14.9 Å². The summed E-state index contributed by atoms with van der Waals surface area (Å²) >= 11 is 7.54. The van der Waals surface area contributed by atoms with Gasteiger partial charge in [0.1, 0.15) is 0 Å². The Labute approximate surface area is 110 Å². The lowest BCUT2D eigenvalue weighted by Crippen LogP contribution is -2.11. The molecule has 0 atom stereocenters. The van der Waals surface area contributed by atoms with E-state index in [-0.39, 0.29) is 0 Å². The number of hydrogen-bond donors (Lipinski definition) is 1. The quantitative estimate of drug-likeness (QED) is 0.874. The summed E-state index contributed by atoms with van der Waals surface area (Å²) in [7, 11) is 0. The summed E-state index contributed by atoms with van der Waals surface area (Å²) in [5.74, 6) is 0. The van der Waals surface area contributed by atoms with Crippen LogP contribution in [0.1, 0.15) is 17.5 Å². The third kappa shape index (κ3) is 3.84. The van der Waals surface area contributed by atoms with E-state index >= 15 is 0 Å². The van der Waals surface area contributed by atoms with Crippen molar-refractivity contribution in [1.29, 1.82) is 0 Å². The highest BCUT2D eigenvalue weighted by Gasteiger charge is 2.01. The Bertz CT molecular complexity index is 464. The van der Waals surface area contributed by atoms with E-state index in [1.807, 2.05) is 12.4 Å². The van der Waals surface area contributed by atoms with Gasteiger partial charge in [-0.2, -0.15) is 0 Å². The molecule has 0 fully saturated rings. The van der Waals surface area contributed by atoms with Gasteiger partial charge in [0, 0.05) is 24.2 Å². The standard InChI is InChI=1S/C12H16ClN3S/c1-2-14-7-10-8-16(9-15-10)6-5-11-3-4-12(13)17-11/h3-4,8-9,14H,2,5-7H2,1H3. The van der Waals surface area contributed by atoms with Crippen LogP contribution in [0.3, 0.4) is 0 Å². The summed E-state index contributed by atoms with van der Waals surface area (Å²) in [5, 5.41) is 3.26. The van der Waals surface area contributed by atoms with Gasteiger partial charge in [-0.25, -0.2) is 4.98 Å². The second-order valence-corrected chi connectivity index (χ2v) is 5.64. The van der Waals surface area contributed by atoms with Gasteiger partial charge in [0.2, 0.25) is 0 Å². The molecule has 0 saturated carbocycles. The van der Waals surface area contributed by atoms with Crippen molar-refractivity contribution in [2.45, 2.75) is 26.4 Å². The number of hydrogen-bond acceptors (Lipinski definition) is 3. The van der Waals surface area contributed by atoms with Crippen LogP contribution in [0.5, 0.6) is 0 Å². The highest BCUT2D eigenvalue weighted by Crippen LogP contribution is 2.22. The molecule has 2 rings (SSSR count). The lowest BCUT2D eigenvalue weighted by Gasteiger charge is -1.99. The van der Waals surface area contributed by atoms with Crippen molar-refractivity contribution in [3.63, 3.8) is 0 Å². The van der Waals surface area contributed by atoms with Crippen LogP contribution in [0.4, 0.5) is 0 Å². The predicted octanol–water partition coefficient (Wildman–Crippen LogP) is 2.95. The van der Waals surface area contributed by atoms with Gasteiger partial charge in [0.15, 0.2) is 0 Å². The summed E-state index contributed by atoms with van der Waals surface area (Å²) in [6.45, 7) is 4.86. The monoisotopic (exact) mass is 269 g/mol. The maximum Gasteiger partial charge on any atom is 0.0950 e. The van der Waals surface area contributed by atoms with E-state index in [1.54, 1.807) is 11.3 Å². The molecule has 0 unspecified atom stereocenters. The zero-order valence-electron chi connectivity index (χ0n) is 9.82. The van der Waals surface area contributed by atoms with Crippen molar-refractivity contribution in [3.8, 4) is 0 Å². The van der Waals surface area contributed by atoms with Crippen molar-refractivity contribution in [2.75, 3.05) is 6.54 Å². The number of aromatic nitrogens is 2. The molecule has 0 aliphatic heterocycles. The minimum atomic E-state index is 0.842. The second kappa shape index (κ2) is 6.19. The minimum absolute atomic E-state index is 0.842. The number of rotatable bonds is 6. The second-order valence-electron chi connectivity index (χ2n) is 3.84. The first-order valence-electron chi connectivity index (χ1n) is 5.73. The molecule has 1 N–H and O–H groups in total. The first-order valence-corrected chi connectivity index (χ1v) is 6.93. The lowest BCUT2D eigenvalue weighted by atomic mass is 10.3. The van der Waals surface area contributed by atoms with Crippen LogP contribution in [0, 0.1) is 0 Å². The number of thiophene rings is 1. The number of aryl methyl sites for hydroxylation is 2. The first-order chi connectivity index (χ1) is 8.28. The Morgan fingerprint density at radius 3 is 3.06 bits per heavy atom. The summed E-state index contributed by atoms with van der Waals surface area (Å²) in [4.78, 5) is 5.67. The van der Waals surface area contributed by atoms with Crippen LogP contribution >= 0.6 is 22.9 Å². The molecule has 2 aromatic rings. The average molecular weight is 270 g/mol. The molecular weight excluding hydrogens is 254 g/mol. The van der Waals surface area contributed by atoms with E-state index in [1.165, 1.54) is 4.88 Å². The molecule has 0 aliphatic carbocycles. The van der Waals surface area contributed by atoms with Crippen molar-refractivity contribution in [2.24, 2.45) is 0 Å². The van der Waals surface area contributed by atoms with E-state index in [2.05, 4.69) is 34.1 Å². The van der Waals surface area contributed by atoms with Gasteiger partial charge in [-0.3, -0.25) is 0 Å². The molecule has 0 spiro atoms. The van der Waals surface area contributed by atoms with Crippen LogP contribution in [0.2, 0.25) is 4.34 Å². The van der Waals surface area contributed by atoms with E-state index < -0.39 is 0 Å². The van der Waals surface area contributed by atoms with Crippen molar-refractivity contribution in [3.05, 3.63) is 39.6 Å². The molecule has 2 heterocycles. The lowest BCUT2D eigenvalue weighted by molar-refractivity contribution is 0.693. The summed E-state index contributed by atoms with van der Waals surface area (Å²) < 4.78 is 2.98. The fourth-order valence-electron chi connectivity index (χ4n) is 1.60. The molecule has 2 aromatic heterocycles. The van der Waals surface area contributed by atoms with Crippen LogP contribution < -0.4 is 5.32 Å². The Balaban J connectivity index is 1.84. The zero-order chi connectivity index (χ0) is 12.1. The minimum Gasteiger partial charge on any atom is -0.337 e. The number of nitrogens with one attached hydrogen (secondary N) is 1. The third-order valence-electron chi connectivity index (χ3n) is 2.49. The molecule has 0 amide bonds. The number of imidazole rings is 1. The van der Waals surface area contributed by atoms with Gasteiger partial charge in [-0.15, -0.1) is 11.3 Å². The fourth-order valence-corrected chi connectivity index (χ4v) is 2.67. The van der Waals surface area contributed by atoms with Crippen LogP contribution in [-0.2, 0) is 19.5 Å². The van der Waals surface area contributed by atoms with E-state index in [4.69, 9.17) is 11.6 Å². The molecular formula is C12H16ClN3S. The van der Waals surface area contributed by atoms with Gasteiger partial charge in [-0.1, -0.05) is 18.5 Å². The SMILES string of the molecule is CCNCc1cn(CCc2ccc(Cl)s2)cn1. The Hall–Kier alpha value is -0.840. The van der Waals surface area contributed by atoms with Gasteiger partial charge < -0.3 is 9.88 Å². The van der Waals surface area contributed by atoms with Gasteiger partial charge >= 0.3 is 0 Å². The van der Waals surface area contributed by atoms with Crippen molar-refractivity contribution >= 4 is 22.9 Å². The average Bonchev–Trinajstić information content (AvgIpc) is 2.93. The van der Waals surface area contributed by atoms with Crippen molar-refractivity contribution < 1.29 is 0 Å². The van der Waals surface area contributed by atoms with Gasteiger partial charge in [0.05, 0.1) is 16.4 Å². The van der Waals surface area contributed by atoms with Gasteiger partial charge in [-0.05, 0) is 25.1 Å². The fraction of sp³-hybridized carbons (Fsp3) is 0.417. The number of nitrogens with zero attached hydrogens (tertiary/aromatic N) is 2. The summed E-state index contributed by atoms with van der Waals surface area (Å²) in [6, 6.07) is 4.04. The van der Waals surface area contributed by atoms with Crippen LogP contribution in [0.25, 0.3) is 0 Å². The third-order valence-corrected chi connectivity index (χ3v) is 3.78. The zero-order valence-corrected chi connectivity index (χ0v) is 11.4.